The maximum atomic E-state index is 12.2. The van der Waals surface area contributed by atoms with Gasteiger partial charge in [0.1, 0.15) is 0 Å². The quantitative estimate of drug-likeness (QED) is 0.729. The lowest BCUT2D eigenvalue weighted by atomic mass is 9.94. The van der Waals surface area contributed by atoms with Crippen LogP contribution in [-0.4, -0.2) is 53.1 Å². The van der Waals surface area contributed by atoms with Crippen molar-refractivity contribution in [2.75, 3.05) is 33.9 Å². The molecule has 0 radical (unpaired) electrons. The van der Waals surface area contributed by atoms with Gasteiger partial charge in [-0.15, -0.1) is 5.11 Å². The standard InChI is InChI=1S/C16H23N5O5S/c1-25-13-7-11-12(8-14(13)26-2)16(22)20-19-15(11)21-5-3-10(4-6-21)9-18-27(17,23)24/h7-8,10,15,18H,3-6,9H2,1-2H3,(H2,17,23,24). The Morgan fingerprint density at radius 1 is 1.22 bits per heavy atom. The molecule has 1 fully saturated rings. The molecule has 1 atom stereocenters. The number of rotatable bonds is 6. The summed E-state index contributed by atoms with van der Waals surface area (Å²) in [7, 11) is -0.630. The van der Waals surface area contributed by atoms with Crippen LogP contribution in [-0.2, 0) is 10.2 Å². The molecule has 11 heteroatoms. The van der Waals surface area contributed by atoms with Crippen molar-refractivity contribution in [2.45, 2.75) is 19.0 Å². The van der Waals surface area contributed by atoms with Crippen LogP contribution in [0.5, 0.6) is 11.5 Å². The summed E-state index contributed by atoms with van der Waals surface area (Å²) in [6, 6.07) is 3.40. The Hall–Kier alpha value is -2.08. The van der Waals surface area contributed by atoms with Gasteiger partial charge in [0.15, 0.2) is 17.7 Å². The maximum absolute atomic E-state index is 12.2. The van der Waals surface area contributed by atoms with Crippen LogP contribution in [0.15, 0.2) is 22.4 Å². The van der Waals surface area contributed by atoms with Gasteiger partial charge in [0, 0.05) is 25.2 Å². The first-order valence-corrected chi connectivity index (χ1v) is 10.1. The van der Waals surface area contributed by atoms with Gasteiger partial charge in [0.2, 0.25) is 0 Å². The molecular formula is C16H23N5O5S. The lowest BCUT2D eigenvalue weighted by molar-refractivity contribution is 0.0936. The van der Waals surface area contributed by atoms with Crippen LogP contribution >= 0.6 is 0 Å². The van der Waals surface area contributed by atoms with Gasteiger partial charge in [-0.3, -0.25) is 9.69 Å². The molecule has 1 unspecified atom stereocenters. The van der Waals surface area contributed by atoms with E-state index in [2.05, 4.69) is 19.9 Å². The van der Waals surface area contributed by atoms with E-state index in [-0.39, 0.29) is 12.1 Å². The van der Waals surface area contributed by atoms with E-state index < -0.39 is 16.1 Å². The molecule has 1 saturated heterocycles. The second kappa shape index (κ2) is 7.89. The summed E-state index contributed by atoms with van der Waals surface area (Å²) >= 11 is 0. The molecule has 0 saturated carbocycles. The van der Waals surface area contributed by atoms with E-state index >= 15 is 0 Å². The highest BCUT2D eigenvalue weighted by atomic mass is 32.2. The van der Waals surface area contributed by atoms with Crippen molar-refractivity contribution in [2.24, 2.45) is 21.3 Å². The summed E-state index contributed by atoms with van der Waals surface area (Å²) in [6.07, 6.45) is 1.18. The summed E-state index contributed by atoms with van der Waals surface area (Å²) in [6.45, 7) is 1.71. The fourth-order valence-electron chi connectivity index (χ4n) is 3.42. The first-order chi connectivity index (χ1) is 12.8. The second-order valence-corrected chi connectivity index (χ2v) is 7.94. The first-order valence-electron chi connectivity index (χ1n) is 8.55. The van der Waals surface area contributed by atoms with Crippen LogP contribution in [0.25, 0.3) is 0 Å². The van der Waals surface area contributed by atoms with E-state index in [1.807, 2.05) is 0 Å². The molecular weight excluding hydrogens is 374 g/mol. The highest BCUT2D eigenvalue weighted by Gasteiger charge is 2.33. The second-order valence-electron chi connectivity index (χ2n) is 6.56. The van der Waals surface area contributed by atoms with Gasteiger partial charge in [-0.05, 0) is 30.9 Å². The Morgan fingerprint density at radius 2 is 1.85 bits per heavy atom. The minimum absolute atomic E-state index is 0.201. The van der Waals surface area contributed by atoms with Crippen molar-refractivity contribution in [3.8, 4) is 11.5 Å². The summed E-state index contributed by atoms with van der Waals surface area (Å²) in [5.41, 5.74) is 1.18. The molecule has 3 rings (SSSR count). The number of azo groups is 1. The minimum Gasteiger partial charge on any atom is -0.493 e. The van der Waals surface area contributed by atoms with Crippen LogP contribution < -0.4 is 19.3 Å². The van der Waals surface area contributed by atoms with Crippen molar-refractivity contribution >= 4 is 16.1 Å². The molecule has 1 aromatic carbocycles. The Morgan fingerprint density at radius 3 is 2.44 bits per heavy atom. The van der Waals surface area contributed by atoms with Crippen LogP contribution in [0.3, 0.4) is 0 Å². The molecule has 0 spiro atoms. The van der Waals surface area contributed by atoms with E-state index in [1.165, 1.54) is 14.2 Å². The third-order valence-corrected chi connectivity index (χ3v) is 5.46. The van der Waals surface area contributed by atoms with E-state index in [0.29, 0.717) is 36.7 Å². The molecule has 0 aliphatic carbocycles. The molecule has 2 aliphatic heterocycles. The van der Waals surface area contributed by atoms with Crippen LogP contribution in [0.4, 0.5) is 0 Å². The monoisotopic (exact) mass is 397 g/mol. The van der Waals surface area contributed by atoms with Crippen molar-refractivity contribution < 1.29 is 22.7 Å². The summed E-state index contributed by atoms with van der Waals surface area (Å²) in [5, 5.41) is 13.0. The number of benzene rings is 1. The minimum atomic E-state index is -3.68. The number of methoxy groups -OCH3 is 2. The third kappa shape index (κ3) is 4.43. The number of piperidine rings is 1. The fourth-order valence-corrected chi connectivity index (χ4v) is 3.89. The number of nitrogens with two attached hydrogens (primary N) is 1. The number of amides is 1. The molecule has 1 aromatic rings. The van der Waals surface area contributed by atoms with E-state index in [9.17, 15) is 13.2 Å². The van der Waals surface area contributed by atoms with Gasteiger partial charge in [0.05, 0.1) is 19.8 Å². The highest BCUT2D eigenvalue weighted by molar-refractivity contribution is 7.87. The predicted molar refractivity (Wildman–Crippen MR) is 96.9 cm³/mol. The number of nitrogens with one attached hydrogen (secondary N) is 1. The van der Waals surface area contributed by atoms with Crippen LogP contribution in [0.1, 0.15) is 34.9 Å². The fraction of sp³-hybridized carbons (Fsp3) is 0.562. The number of carbonyl (C=O) groups excluding carboxylic acids is 1. The van der Waals surface area contributed by atoms with Crippen molar-refractivity contribution in [1.82, 2.24) is 9.62 Å². The zero-order chi connectivity index (χ0) is 19.6. The number of fused-ring (bicyclic) bond motifs is 1. The van der Waals surface area contributed by atoms with Crippen molar-refractivity contribution in [3.05, 3.63) is 23.3 Å². The number of hydrogen-bond acceptors (Lipinski definition) is 7. The van der Waals surface area contributed by atoms with E-state index in [0.717, 1.165) is 18.4 Å². The lowest BCUT2D eigenvalue weighted by Gasteiger charge is -2.36. The number of likely N-dealkylation sites (tertiary alicyclic amines) is 1. The third-order valence-electron chi connectivity index (χ3n) is 4.89. The number of nitrogens with zero attached hydrogens (tertiary/aromatic N) is 3. The Kier molecular flexibility index (Phi) is 5.75. The molecule has 0 aromatic heterocycles. The van der Waals surface area contributed by atoms with E-state index in [4.69, 9.17) is 14.6 Å². The first kappa shape index (κ1) is 19.7. The summed E-state index contributed by atoms with van der Waals surface area (Å²) in [5.74, 6) is 0.785. The van der Waals surface area contributed by atoms with Crippen molar-refractivity contribution in [3.63, 3.8) is 0 Å². The predicted octanol–water partition coefficient (Wildman–Crippen LogP) is 0.814. The zero-order valence-electron chi connectivity index (χ0n) is 15.2. The van der Waals surface area contributed by atoms with Gasteiger partial charge in [-0.25, -0.2) is 9.86 Å². The van der Waals surface area contributed by atoms with Gasteiger partial charge in [-0.2, -0.15) is 13.5 Å². The molecule has 1 amide bonds. The maximum Gasteiger partial charge on any atom is 0.295 e. The molecule has 2 heterocycles. The topological polar surface area (TPSA) is 136 Å². The summed E-state index contributed by atoms with van der Waals surface area (Å²) in [4.78, 5) is 14.3. The van der Waals surface area contributed by atoms with Crippen LogP contribution in [0.2, 0.25) is 0 Å². The molecule has 2 aliphatic rings. The van der Waals surface area contributed by atoms with Gasteiger partial charge >= 0.3 is 0 Å². The smallest absolute Gasteiger partial charge is 0.295 e. The average Bonchev–Trinajstić information content (AvgIpc) is 2.65. The molecule has 27 heavy (non-hydrogen) atoms. The van der Waals surface area contributed by atoms with Gasteiger partial charge < -0.3 is 9.47 Å². The van der Waals surface area contributed by atoms with Gasteiger partial charge in [-0.1, -0.05) is 0 Å². The zero-order valence-corrected chi connectivity index (χ0v) is 16.0. The average molecular weight is 397 g/mol. The molecule has 0 bridgehead atoms. The number of carbonyl (C=O) groups is 1. The lowest BCUT2D eigenvalue weighted by Crippen LogP contribution is -2.41. The summed E-state index contributed by atoms with van der Waals surface area (Å²) < 4.78 is 35.1. The Bertz CT molecular complexity index is 849. The Balaban J connectivity index is 1.76. The van der Waals surface area contributed by atoms with Crippen LogP contribution in [0, 0.1) is 5.92 Å². The molecule has 148 valence electrons. The molecule has 3 N–H and O–H groups in total. The van der Waals surface area contributed by atoms with Gasteiger partial charge in [0.25, 0.3) is 16.1 Å². The van der Waals surface area contributed by atoms with E-state index in [1.54, 1.807) is 12.1 Å². The Labute approximate surface area is 157 Å². The largest absolute Gasteiger partial charge is 0.493 e. The van der Waals surface area contributed by atoms with Crippen molar-refractivity contribution in [1.29, 1.82) is 0 Å². The normalized spacial score (nSPS) is 21.1. The number of ether oxygens (including phenoxy) is 2. The molecule has 10 nitrogen and oxygen atoms in total. The number of hydrogen-bond donors (Lipinski definition) is 2. The SMILES string of the molecule is COc1cc2c(cc1OC)C(N1CCC(CNS(N)(=O)=O)CC1)N=NC2=O. The highest BCUT2D eigenvalue weighted by Crippen LogP contribution is 2.39.